The van der Waals surface area contributed by atoms with Gasteiger partial charge in [-0.15, -0.1) is 0 Å². The molecule has 3 aliphatic rings. The van der Waals surface area contributed by atoms with Crippen molar-refractivity contribution in [2.24, 2.45) is 11.3 Å². The van der Waals surface area contributed by atoms with Gasteiger partial charge >= 0.3 is 0 Å². The second-order valence-corrected chi connectivity index (χ2v) is 11.2. The summed E-state index contributed by atoms with van der Waals surface area (Å²) < 4.78 is 11.1. The number of nitrogens with one attached hydrogen (secondary N) is 2. The van der Waals surface area contributed by atoms with E-state index < -0.39 is 0 Å². The summed E-state index contributed by atoms with van der Waals surface area (Å²) in [5.41, 5.74) is 3.91. The highest BCUT2D eigenvalue weighted by atomic mass is 16.5. The molecule has 4 heterocycles. The molecule has 1 saturated carbocycles. The van der Waals surface area contributed by atoms with E-state index in [9.17, 15) is 4.79 Å². The minimum Gasteiger partial charge on any atom is -0.481 e. The molecule has 0 atom stereocenters. The second-order valence-electron chi connectivity index (χ2n) is 11.2. The van der Waals surface area contributed by atoms with Crippen molar-refractivity contribution in [2.45, 2.75) is 45.2 Å². The van der Waals surface area contributed by atoms with Gasteiger partial charge in [0.15, 0.2) is 0 Å². The van der Waals surface area contributed by atoms with Crippen molar-refractivity contribution in [3.63, 3.8) is 0 Å². The fourth-order valence-corrected chi connectivity index (χ4v) is 5.87. The van der Waals surface area contributed by atoms with Crippen LogP contribution in [0.5, 0.6) is 5.88 Å². The van der Waals surface area contributed by atoms with E-state index in [-0.39, 0.29) is 5.91 Å². The lowest BCUT2D eigenvalue weighted by atomic mass is 9.73. The van der Waals surface area contributed by atoms with E-state index >= 15 is 0 Å². The van der Waals surface area contributed by atoms with E-state index in [4.69, 9.17) is 9.47 Å². The molecule has 0 bridgehead atoms. The number of anilines is 1. The Balaban J connectivity index is 1.09. The Labute approximate surface area is 224 Å². The van der Waals surface area contributed by atoms with Crippen LogP contribution in [0.2, 0.25) is 0 Å². The quantitative estimate of drug-likeness (QED) is 0.444. The third kappa shape index (κ3) is 5.33. The molecule has 1 aliphatic carbocycles. The first-order valence-corrected chi connectivity index (χ1v) is 13.8. The number of carbonyl (C=O) groups is 1. The molecular weight excluding hydrogens is 478 g/mol. The molecule has 2 aliphatic heterocycles. The number of fused-ring (bicyclic) bond motifs is 1. The summed E-state index contributed by atoms with van der Waals surface area (Å²) in [5, 5.41) is 8.64. The molecule has 2 aromatic heterocycles. The van der Waals surface area contributed by atoms with E-state index in [0.29, 0.717) is 23.4 Å². The van der Waals surface area contributed by atoms with Crippen LogP contribution in [0, 0.1) is 11.3 Å². The predicted molar refractivity (Wildman–Crippen MR) is 147 cm³/mol. The van der Waals surface area contributed by atoms with Gasteiger partial charge in [-0.2, -0.15) is 0 Å². The molecule has 38 heavy (non-hydrogen) atoms. The lowest BCUT2D eigenvalue weighted by Gasteiger charge is -2.53. The number of rotatable bonds is 9. The van der Waals surface area contributed by atoms with E-state index in [1.165, 1.54) is 24.8 Å². The number of hydrogen-bond donors (Lipinski definition) is 2. The topological polar surface area (TPSA) is 88.6 Å². The smallest absolute Gasteiger partial charge is 0.253 e. The number of carbonyl (C=O) groups excluding carboxylic acids is 1. The molecule has 6 rings (SSSR count). The predicted octanol–water partition coefficient (Wildman–Crippen LogP) is 4.07. The van der Waals surface area contributed by atoms with Crippen LogP contribution in [0.1, 0.15) is 53.7 Å². The zero-order valence-corrected chi connectivity index (χ0v) is 22.2. The fraction of sp³-hybridized carbons (Fsp3) is 0.500. The van der Waals surface area contributed by atoms with Crippen molar-refractivity contribution in [2.75, 3.05) is 44.9 Å². The minimum atomic E-state index is -0.157. The summed E-state index contributed by atoms with van der Waals surface area (Å²) in [6.07, 6.45) is 9.74. The number of benzene rings is 1. The third-order valence-corrected chi connectivity index (χ3v) is 8.48. The normalized spacial score (nSPS) is 18.7. The average molecular weight is 516 g/mol. The van der Waals surface area contributed by atoms with Gasteiger partial charge in [0.1, 0.15) is 0 Å². The maximum atomic E-state index is 13.0. The maximum absolute atomic E-state index is 13.0. The molecular formula is C30H37N5O3. The molecule has 1 amide bonds. The summed E-state index contributed by atoms with van der Waals surface area (Å²) in [5.74, 6) is 1.25. The van der Waals surface area contributed by atoms with Gasteiger partial charge in [0.25, 0.3) is 5.91 Å². The standard InChI is InChI=1S/C30H37N5O3/c1-37-29-27-6-5-22(15-31-14-21-3-2-4-21)11-23(27)12-25(34-29)17-33-28(36)24-13-26(18-32-16-24)35-19-30(20-35)7-9-38-10-8-30/h5-6,11-13,16,18,21,31H,2-4,7-10,14-15,17,19-20H2,1H3,(H,33,36). The van der Waals surface area contributed by atoms with Crippen LogP contribution in [0.15, 0.2) is 42.7 Å². The molecule has 8 heteroatoms. The molecule has 3 fully saturated rings. The van der Waals surface area contributed by atoms with Crippen LogP contribution in [0.25, 0.3) is 10.8 Å². The van der Waals surface area contributed by atoms with Crippen molar-refractivity contribution in [3.8, 4) is 5.88 Å². The van der Waals surface area contributed by atoms with Gasteiger partial charge in [0.05, 0.1) is 36.8 Å². The highest BCUT2D eigenvalue weighted by Crippen LogP contribution is 2.42. The number of ether oxygens (including phenoxy) is 2. The van der Waals surface area contributed by atoms with Gasteiger partial charge in [-0.05, 0) is 73.4 Å². The van der Waals surface area contributed by atoms with Crippen LogP contribution >= 0.6 is 0 Å². The average Bonchev–Trinajstić information content (AvgIpc) is 2.91. The van der Waals surface area contributed by atoms with Gasteiger partial charge in [-0.25, -0.2) is 4.98 Å². The molecule has 2 saturated heterocycles. The fourth-order valence-electron chi connectivity index (χ4n) is 5.87. The van der Waals surface area contributed by atoms with Crippen molar-refractivity contribution < 1.29 is 14.3 Å². The van der Waals surface area contributed by atoms with E-state index in [0.717, 1.165) is 80.3 Å². The van der Waals surface area contributed by atoms with Gasteiger partial charge in [0, 0.05) is 49.8 Å². The molecule has 0 radical (unpaired) electrons. The summed E-state index contributed by atoms with van der Waals surface area (Å²) >= 11 is 0. The Kier molecular flexibility index (Phi) is 7.17. The van der Waals surface area contributed by atoms with Crippen LogP contribution in [0.3, 0.4) is 0 Å². The Morgan fingerprint density at radius 1 is 1.13 bits per heavy atom. The maximum Gasteiger partial charge on any atom is 0.253 e. The largest absolute Gasteiger partial charge is 0.481 e. The summed E-state index contributed by atoms with van der Waals surface area (Å²) in [7, 11) is 1.63. The summed E-state index contributed by atoms with van der Waals surface area (Å²) in [4.78, 5) is 24.3. The number of methoxy groups -OCH3 is 1. The molecule has 8 nitrogen and oxygen atoms in total. The number of aromatic nitrogens is 2. The van der Waals surface area contributed by atoms with Crippen LogP contribution < -0.4 is 20.3 Å². The van der Waals surface area contributed by atoms with Crippen molar-refractivity contribution in [1.82, 2.24) is 20.6 Å². The van der Waals surface area contributed by atoms with E-state index in [1.807, 2.05) is 18.3 Å². The zero-order chi connectivity index (χ0) is 26.0. The molecule has 0 unspecified atom stereocenters. The molecule has 2 N–H and O–H groups in total. The van der Waals surface area contributed by atoms with Gasteiger partial charge in [-0.1, -0.05) is 12.5 Å². The first-order chi connectivity index (χ1) is 18.6. The third-order valence-electron chi connectivity index (χ3n) is 8.48. The first kappa shape index (κ1) is 25.1. The number of amides is 1. The molecule has 200 valence electrons. The van der Waals surface area contributed by atoms with Crippen molar-refractivity contribution in [3.05, 3.63) is 59.5 Å². The summed E-state index contributed by atoms with van der Waals surface area (Å²) in [6, 6.07) is 10.4. The van der Waals surface area contributed by atoms with Gasteiger partial charge in [0.2, 0.25) is 5.88 Å². The van der Waals surface area contributed by atoms with Crippen molar-refractivity contribution in [1.29, 1.82) is 0 Å². The SMILES string of the molecule is COc1nc(CNC(=O)c2cncc(N3CC4(CCOCC4)C3)c2)cc2cc(CNCC3CCC3)ccc12. The van der Waals surface area contributed by atoms with Crippen LogP contribution in [0.4, 0.5) is 5.69 Å². The number of hydrogen-bond acceptors (Lipinski definition) is 7. The highest BCUT2D eigenvalue weighted by Gasteiger charge is 2.44. The Morgan fingerprint density at radius 2 is 1.97 bits per heavy atom. The minimum absolute atomic E-state index is 0.157. The van der Waals surface area contributed by atoms with E-state index in [1.54, 1.807) is 13.3 Å². The van der Waals surface area contributed by atoms with E-state index in [2.05, 4.69) is 43.7 Å². The van der Waals surface area contributed by atoms with Gasteiger partial charge < -0.3 is 25.0 Å². The lowest BCUT2D eigenvalue weighted by molar-refractivity contribution is -0.000211. The Hall–Kier alpha value is -3.23. The molecule has 1 spiro atoms. The molecule has 3 aromatic rings. The van der Waals surface area contributed by atoms with Crippen LogP contribution in [-0.4, -0.2) is 55.8 Å². The van der Waals surface area contributed by atoms with Gasteiger partial charge in [-0.3, -0.25) is 9.78 Å². The Morgan fingerprint density at radius 3 is 2.74 bits per heavy atom. The number of pyridine rings is 2. The number of nitrogens with zero attached hydrogens (tertiary/aromatic N) is 3. The van der Waals surface area contributed by atoms with Crippen molar-refractivity contribution >= 4 is 22.4 Å². The van der Waals surface area contributed by atoms with Crippen LogP contribution in [-0.2, 0) is 17.8 Å². The lowest BCUT2D eigenvalue weighted by Crippen LogP contribution is -2.58. The zero-order valence-electron chi connectivity index (χ0n) is 22.2. The monoisotopic (exact) mass is 515 g/mol. The Bertz CT molecular complexity index is 1290. The molecule has 1 aromatic carbocycles. The first-order valence-electron chi connectivity index (χ1n) is 13.8. The second kappa shape index (κ2) is 10.9. The summed E-state index contributed by atoms with van der Waals surface area (Å²) in [6.45, 7) is 5.94. The highest BCUT2D eigenvalue weighted by molar-refractivity contribution is 5.95.